The first-order valence-electron chi connectivity index (χ1n) is 13.6. The maximum Gasteiger partial charge on any atom is 0.224 e. The summed E-state index contributed by atoms with van der Waals surface area (Å²) in [4.78, 5) is 36.8. The lowest BCUT2D eigenvalue weighted by atomic mass is 10.1. The second kappa shape index (κ2) is 12.6. The summed E-state index contributed by atoms with van der Waals surface area (Å²) in [5.74, 6) is 0.0730. The van der Waals surface area contributed by atoms with Gasteiger partial charge in [0.1, 0.15) is 5.52 Å². The zero-order chi connectivity index (χ0) is 27.0. The topological polar surface area (TPSA) is 87.5 Å². The highest BCUT2D eigenvalue weighted by atomic mass is 16.2. The summed E-state index contributed by atoms with van der Waals surface area (Å²) in [6.45, 7) is 6.29. The first kappa shape index (κ1) is 26.5. The van der Waals surface area contributed by atoms with Gasteiger partial charge in [-0.2, -0.15) is 0 Å². The summed E-state index contributed by atoms with van der Waals surface area (Å²) in [6.07, 6.45) is 5.73. The summed E-state index contributed by atoms with van der Waals surface area (Å²) >= 11 is 0. The lowest BCUT2D eigenvalue weighted by Crippen LogP contribution is -2.38. The van der Waals surface area contributed by atoms with Crippen molar-refractivity contribution in [3.05, 3.63) is 84.2 Å². The van der Waals surface area contributed by atoms with Gasteiger partial charge >= 0.3 is 0 Å². The van der Waals surface area contributed by atoms with E-state index in [2.05, 4.69) is 26.3 Å². The summed E-state index contributed by atoms with van der Waals surface area (Å²) in [5.41, 5.74) is 4.77. The third-order valence-electron chi connectivity index (χ3n) is 7.22. The minimum Gasteiger partial charge on any atom is -0.338 e. The fraction of sp³-hybridized carbons (Fsp3) is 0.367. The van der Waals surface area contributed by atoms with Crippen LogP contribution < -0.4 is 4.90 Å². The van der Waals surface area contributed by atoms with E-state index in [0.29, 0.717) is 32.6 Å². The zero-order valence-electron chi connectivity index (χ0n) is 22.4. The number of pyridine rings is 1. The average molecular weight is 526 g/mol. The maximum atomic E-state index is 13.6. The Hall–Kier alpha value is -4.11. The van der Waals surface area contributed by atoms with Gasteiger partial charge < -0.3 is 9.80 Å². The van der Waals surface area contributed by atoms with Crippen molar-refractivity contribution >= 4 is 28.5 Å². The van der Waals surface area contributed by atoms with E-state index in [1.807, 2.05) is 70.6 Å². The molecule has 0 fully saturated rings. The first-order chi connectivity index (χ1) is 19.1. The summed E-state index contributed by atoms with van der Waals surface area (Å²) in [7, 11) is 0. The molecule has 1 aliphatic rings. The molecular weight excluding hydrogens is 490 g/mol. The van der Waals surface area contributed by atoms with Gasteiger partial charge in [-0.3, -0.25) is 19.5 Å². The number of carbonyl (C=O) groups is 2. The van der Waals surface area contributed by atoms with E-state index >= 15 is 0 Å². The molecule has 0 unspecified atom stereocenters. The van der Waals surface area contributed by atoms with Crippen LogP contribution in [0.5, 0.6) is 0 Å². The van der Waals surface area contributed by atoms with Gasteiger partial charge in [0.05, 0.1) is 12.1 Å². The monoisotopic (exact) mass is 525 g/mol. The molecule has 2 aromatic carbocycles. The number of carbonyl (C=O) groups excluding carboxylic acids is 2. The molecule has 0 saturated heterocycles. The lowest BCUT2D eigenvalue weighted by Gasteiger charge is -2.31. The standard InChI is InChI=1S/C30H35N7O2/c1-24(38)36-19-8-17-34(22-25-9-6-15-31-21-25)16-7-18-35(23-26-10-2-4-12-28(26)36)30(39)14-20-37-29-13-5-3-11-27(29)32-33-37/h2-6,9-13,15,21H,7-8,14,16-20,22-23H2,1H3. The molecule has 202 valence electrons. The molecule has 4 aromatic rings. The maximum absolute atomic E-state index is 13.6. The molecule has 0 aliphatic carbocycles. The van der Waals surface area contributed by atoms with Crippen molar-refractivity contribution in [3.8, 4) is 0 Å². The molecule has 0 radical (unpaired) electrons. The number of aromatic nitrogens is 4. The molecule has 0 N–H and O–H groups in total. The lowest BCUT2D eigenvalue weighted by molar-refractivity contribution is -0.132. The number of benzene rings is 2. The van der Waals surface area contributed by atoms with Gasteiger partial charge in [-0.05, 0) is 48.2 Å². The number of nitrogens with zero attached hydrogens (tertiary/aromatic N) is 7. The smallest absolute Gasteiger partial charge is 0.224 e. The molecule has 0 spiro atoms. The molecule has 39 heavy (non-hydrogen) atoms. The van der Waals surface area contributed by atoms with E-state index in [1.54, 1.807) is 17.8 Å². The van der Waals surface area contributed by atoms with Crippen LogP contribution in [0.15, 0.2) is 73.1 Å². The van der Waals surface area contributed by atoms with Crippen molar-refractivity contribution in [2.75, 3.05) is 31.1 Å². The first-order valence-corrected chi connectivity index (χ1v) is 13.6. The summed E-state index contributed by atoms with van der Waals surface area (Å²) in [5, 5.41) is 8.47. The Morgan fingerprint density at radius 3 is 2.51 bits per heavy atom. The Morgan fingerprint density at radius 1 is 0.897 bits per heavy atom. The van der Waals surface area contributed by atoms with E-state index in [1.165, 1.54) is 0 Å². The predicted molar refractivity (Wildman–Crippen MR) is 151 cm³/mol. The third kappa shape index (κ3) is 6.67. The van der Waals surface area contributed by atoms with Gasteiger partial charge in [-0.15, -0.1) is 5.10 Å². The number of fused-ring (bicyclic) bond motifs is 2. The quantitative estimate of drug-likeness (QED) is 0.393. The molecule has 0 bridgehead atoms. The van der Waals surface area contributed by atoms with Crippen molar-refractivity contribution < 1.29 is 9.59 Å². The fourth-order valence-corrected chi connectivity index (χ4v) is 5.25. The number of hydrogen-bond acceptors (Lipinski definition) is 6. The van der Waals surface area contributed by atoms with E-state index in [0.717, 1.165) is 60.3 Å². The minimum absolute atomic E-state index is 0.00857. The van der Waals surface area contributed by atoms with Crippen LogP contribution in [0.2, 0.25) is 0 Å². The van der Waals surface area contributed by atoms with Crippen LogP contribution in [-0.2, 0) is 29.2 Å². The van der Waals surface area contributed by atoms with Gasteiger partial charge in [-0.25, -0.2) is 4.68 Å². The molecular formula is C30H35N7O2. The molecule has 9 nitrogen and oxygen atoms in total. The average Bonchev–Trinajstić information content (AvgIpc) is 3.36. The number of aryl methyl sites for hydroxylation is 1. The van der Waals surface area contributed by atoms with Gasteiger partial charge in [0, 0.05) is 70.7 Å². The van der Waals surface area contributed by atoms with Crippen molar-refractivity contribution in [1.82, 2.24) is 29.8 Å². The van der Waals surface area contributed by atoms with Gasteiger partial charge in [0.15, 0.2) is 0 Å². The molecule has 0 atom stereocenters. The fourth-order valence-electron chi connectivity index (χ4n) is 5.25. The molecule has 9 heteroatoms. The van der Waals surface area contributed by atoms with Crippen LogP contribution in [0.3, 0.4) is 0 Å². The normalized spacial score (nSPS) is 15.4. The van der Waals surface area contributed by atoms with Crippen LogP contribution >= 0.6 is 0 Å². The highest BCUT2D eigenvalue weighted by Gasteiger charge is 2.21. The van der Waals surface area contributed by atoms with Crippen LogP contribution in [0, 0.1) is 0 Å². The van der Waals surface area contributed by atoms with Crippen molar-refractivity contribution in [2.24, 2.45) is 0 Å². The molecule has 1 aliphatic heterocycles. The van der Waals surface area contributed by atoms with Crippen LogP contribution in [-0.4, -0.2) is 67.8 Å². The predicted octanol–water partition coefficient (Wildman–Crippen LogP) is 3.89. The molecule has 0 saturated carbocycles. The Balaban J connectivity index is 1.36. The third-order valence-corrected chi connectivity index (χ3v) is 7.22. The Kier molecular flexibility index (Phi) is 8.58. The second-order valence-corrected chi connectivity index (χ2v) is 10.0. The van der Waals surface area contributed by atoms with Gasteiger partial charge in [0.25, 0.3) is 0 Å². The zero-order valence-corrected chi connectivity index (χ0v) is 22.4. The van der Waals surface area contributed by atoms with Gasteiger partial charge in [-0.1, -0.05) is 41.6 Å². The number of rotatable bonds is 5. The summed E-state index contributed by atoms with van der Waals surface area (Å²) in [6, 6.07) is 19.8. The molecule has 3 heterocycles. The molecule has 2 aromatic heterocycles. The largest absolute Gasteiger partial charge is 0.338 e. The van der Waals surface area contributed by atoms with E-state index in [-0.39, 0.29) is 11.8 Å². The Morgan fingerprint density at radius 2 is 1.69 bits per heavy atom. The Bertz CT molecular complexity index is 1400. The van der Waals surface area contributed by atoms with Crippen LogP contribution in [0.4, 0.5) is 5.69 Å². The van der Waals surface area contributed by atoms with Crippen molar-refractivity contribution in [2.45, 2.75) is 45.8 Å². The highest BCUT2D eigenvalue weighted by Crippen LogP contribution is 2.24. The van der Waals surface area contributed by atoms with Crippen LogP contribution in [0.25, 0.3) is 11.0 Å². The number of hydrogen-bond donors (Lipinski definition) is 0. The van der Waals surface area contributed by atoms with E-state index in [9.17, 15) is 9.59 Å². The molecule has 5 rings (SSSR count). The van der Waals surface area contributed by atoms with Crippen LogP contribution in [0.1, 0.15) is 37.3 Å². The van der Waals surface area contributed by atoms with Gasteiger partial charge in [0.2, 0.25) is 11.8 Å². The number of anilines is 1. The van der Waals surface area contributed by atoms with Crippen molar-refractivity contribution in [3.63, 3.8) is 0 Å². The van der Waals surface area contributed by atoms with Crippen molar-refractivity contribution in [1.29, 1.82) is 0 Å². The highest BCUT2D eigenvalue weighted by molar-refractivity contribution is 5.92. The SMILES string of the molecule is CC(=O)N1CCCN(Cc2cccnc2)CCCN(C(=O)CCn2nnc3ccccc32)Cc2ccccc21. The minimum atomic E-state index is 0.00857. The molecule has 2 amide bonds. The van der Waals surface area contributed by atoms with E-state index in [4.69, 9.17) is 0 Å². The number of para-hydroxylation sites is 2. The van der Waals surface area contributed by atoms with E-state index < -0.39 is 0 Å². The Labute approximate surface area is 229 Å². The summed E-state index contributed by atoms with van der Waals surface area (Å²) < 4.78 is 1.80. The number of amides is 2. The second-order valence-electron chi connectivity index (χ2n) is 10.0.